The number of carbonyl (C=O) groups is 5. The molecule has 3 rings (SSSR count). The summed E-state index contributed by atoms with van der Waals surface area (Å²) in [4.78, 5) is 66.1. The van der Waals surface area contributed by atoms with Crippen LogP contribution >= 0.6 is 11.8 Å². The van der Waals surface area contributed by atoms with E-state index in [4.69, 9.17) is 14.9 Å². The van der Waals surface area contributed by atoms with Gasteiger partial charge in [-0.2, -0.15) is 0 Å². The van der Waals surface area contributed by atoms with Crippen LogP contribution in [0.4, 0.5) is 5.69 Å². The minimum Gasteiger partial charge on any atom is -0.460 e. The molecule has 0 aliphatic carbocycles. The van der Waals surface area contributed by atoms with Crippen LogP contribution in [0, 0.1) is 5.41 Å². The molecule has 0 saturated heterocycles. The van der Waals surface area contributed by atoms with Crippen molar-refractivity contribution in [1.29, 1.82) is 5.41 Å². The predicted octanol–water partition coefficient (Wildman–Crippen LogP) is 5.46. The average molecular weight is 703 g/mol. The fourth-order valence-corrected chi connectivity index (χ4v) is 5.08. The van der Waals surface area contributed by atoms with Crippen molar-refractivity contribution in [3.05, 3.63) is 101 Å². The largest absolute Gasteiger partial charge is 0.460 e. The summed E-state index contributed by atoms with van der Waals surface area (Å²) in [7, 11) is 0. The summed E-state index contributed by atoms with van der Waals surface area (Å²) in [5, 5.41) is 16.4. The lowest BCUT2D eigenvalue weighted by Crippen LogP contribution is -2.54. The molecule has 2 atom stereocenters. The smallest absolute Gasteiger partial charge is 0.329 e. The molecular weight excluding hydrogens is 657 g/mol. The summed E-state index contributed by atoms with van der Waals surface area (Å²) in [5.74, 6) is -3.18. The van der Waals surface area contributed by atoms with E-state index in [0.29, 0.717) is 10.7 Å². The van der Waals surface area contributed by atoms with Gasteiger partial charge >= 0.3 is 11.9 Å². The number of ether oxygens (including phenoxy) is 2. The average Bonchev–Trinajstić information content (AvgIpc) is 3.03. The van der Waals surface area contributed by atoms with E-state index in [9.17, 15) is 24.0 Å². The van der Waals surface area contributed by atoms with Crippen molar-refractivity contribution in [2.24, 2.45) is 0 Å². The normalized spacial score (nSPS) is 12.5. The monoisotopic (exact) mass is 702 g/mol. The van der Waals surface area contributed by atoms with Crippen molar-refractivity contribution in [3.8, 4) is 0 Å². The third kappa shape index (κ3) is 13.5. The molecule has 3 aromatic carbocycles. The number of nitrogens with one attached hydrogen (secondary N) is 4. The van der Waals surface area contributed by atoms with Crippen molar-refractivity contribution in [2.45, 2.75) is 84.1 Å². The molecule has 266 valence electrons. The number of thioether (sulfide) groups is 1. The van der Waals surface area contributed by atoms with Gasteiger partial charge in [0.2, 0.25) is 11.8 Å². The van der Waals surface area contributed by atoms with Crippen LogP contribution in [0.5, 0.6) is 0 Å². The van der Waals surface area contributed by atoms with Crippen LogP contribution in [-0.4, -0.2) is 64.2 Å². The highest BCUT2D eigenvalue weighted by atomic mass is 32.2. The quantitative estimate of drug-likeness (QED) is 0.104. The molecule has 0 spiro atoms. The summed E-state index contributed by atoms with van der Waals surface area (Å²) >= 11 is 1.33. The molecule has 0 radical (unpaired) electrons. The van der Waals surface area contributed by atoms with Crippen LogP contribution < -0.4 is 16.0 Å². The molecule has 0 aliphatic rings. The van der Waals surface area contributed by atoms with Crippen LogP contribution in [0.1, 0.15) is 75.0 Å². The summed E-state index contributed by atoms with van der Waals surface area (Å²) in [5.41, 5.74) is 1.08. The van der Waals surface area contributed by atoms with E-state index in [1.165, 1.54) is 23.9 Å². The predicted molar refractivity (Wildman–Crippen MR) is 195 cm³/mol. The van der Waals surface area contributed by atoms with Crippen molar-refractivity contribution in [2.75, 3.05) is 11.6 Å². The number of hydrogen-bond acceptors (Lipinski definition) is 9. The SMILES string of the molecule is CSC(=N)c1ccc(CC(=O)Nc2cccc(C(=O)N[C@@H](CC(=O)OC(C)(C)C)C(=O)N[C@@H](Cc3ccccc3)C(=O)OC(C)(C)C)c2)cc1. The molecule has 0 unspecified atom stereocenters. The molecule has 11 nitrogen and oxygen atoms in total. The van der Waals surface area contributed by atoms with Gasteiger partial charge in [0, 0.05) is 23.2 Å². The van der Waals surface area contributed by atoms with Crippen molar-refractivity contribution < 1.29 is 33.4 Å². The Hall–Kier alpha value is -4.97. The van der Waals surface area contributed by atoms with Gasteiger partial charge in [0.1, 0.15) is 23.3 Å². The zero-order valence-corrected chi connectivity index (χ0v) is 30.4. The fraction of sp³-hybridized carbons (Fsp3) is 0.368. The van der Waals surface area contributed by atoms with Crippen LogP contribution in [0.2, 0.25) is 0 Å². The van der Waals surface area contributed by atoms with E-state index in [-0.39, 0.29) is 24.3 Å². The summed E-state index contributed by atoms with van der Waals surface area (Å²) in [6.45, 7) is 10.2. The van der Waals surface area contributed by atoms with Crippen LogP contribution in [-0.2, 0) is 41.5 Å². The highest BCUT2D eigenvalue weighted by Gasteiger charge is 2.32. The van der Waals surface area contributed by atoms with Gasteiger partial charge in [0.05, 0.1) is 17.9 Å². The first-order chi connectivity index (χ1) is 23.4. The lowest BCUT2D eigenvalue weighted by Gasteiger charge is -2.27. The molecule has 0 fully saturated rings. The van der Waals surface area contributed by atoms with Crippen LogP contribution in [0.25, 0.3) is 0 Å². The molecule has 4 N–H and O–H groups in total. The lowest BCUT2D eigenvalue weighted by atomic mass is 10.0. The fourth-order valence-electron chi connectivity index (χ4n) is 4.71. The number of carbonyl (C=O) groups excluding carboxylic acids is 5. The number of esters is 2. The van der Waals surface area contributed by atoms with Crippen molar-refractivity contribution in [1.82, 2.24) is 10.6 Å². The van der Waals surface area contributed by atoms with Crippen molar-refractivity contribution in [3.63, 3.8) is 0 Å². The Kier molecular flexibility index (Phi) is 13.9. The molecule has 50 heavy (non-hydrogen) atoms. The second-order valence-electron chi connectivity index (χ2n) is 13.6. The first-order valence-electron chi connectivity index (χ1n) is 16.1. The Morgan fingerprint density at radius 1 is 0.740 bits per heavy atom. The van der Waals surface area contributed by atoms with Gasteiger partial charge in [-0.05, 0) is 77.1 Å². The molecular formula is C38H46N4O7S. The molecule has 12 heteroatoms. The number of hydrogen-bond donors (Lipinski definition) is 4. The van der Waals surface area contributed by atoms with E-state index in [1.54, 1.807) is 77.9 Å². The summed E-state index contributed by atoms with van der Waals surface area (Å²) in [6, 6.07) is 19.8. The second-order valence-corrected chi connectivity index (χ2v) is 14.5. The Morgan fingerprint density at radius 2 is 1.38 bits per heavy atom. The molecule has 0 saturated carbocycles. The highest BCUT2D eigenvalue weighted by molar-refractivity contribution is 8.13. The Bertz CT molecular complexity index is 1680. The van der Waals surface area contributed by atoms with Gasteiger partial charge < -0.3 is 25.4 Å². The second kappa shape index (κ2) is 17.6. The third-order valence-electron chi connectivity index (χ3n) is 6.90. The highest BCUT2D eigenvalue weighted by Crippen LogP contribution is 2.16. The first kappa shape index (κ1) is 39.5. The number of rotatable bonds is 13. The first-order valence-corrected chi connectivity index (χ1v) is 17.4. The van der Waals surface area contributed by atoms with Crippen LogP contribution in [0.3, 0.4) is 0 Å². The zero-order valence-electron chi connectivity index (χ0n) is 29.5. The Labute approximate surface area is 297 Å². The molecule has 0 aromatic heterocycles. The van der Waals surface area contributed by atoms with Crippen molar-refractivity contribution >= 4 is 52.2 Å². The minimum atomic E-state index is -1.41. The van der Waals surface area contributed by atoms with Gasteiger partial charge in [-0.3, -0.25) is 24.6 Å². The van der Waals surface area contributed by atoms with Gasteiger partial charge in [-0.15, -0.1) is 11.8 Å². The topological polar surface area (TPSA) is 164 Å². The van der Waals surface area contributed by atoms with Gasteiger partial charge in [-0.25, -0.2) is 4.79 Å². The maximum absolute atomic E-state index is 13.7. The maximum Gasteiger partial charge on any atom is 0.329 e. The lowest BCUT2D eigenvalue weighted by molar-refractivity contribution is -0.159. The van der Waals surface area contributed by atoms with E-state index < -0.39 is 53.5 Å². The van der Waals surface area contributed by atoms with Gasteiger partial charge in [0.15, 0.2) is 0 Å². The van der Waals surface area contributed by atoms with E-state index in [1.807, 2.05) is 36.6 Å². The zero-order chi connectivity index (χ0) is 37.1. The minimum absolute atomic E-state index is 0.0727. The number of amides is 3. The Morgan fingerprint density at radius 3 is 1.98 bits per heavy atom. The number of benzene rings is 3. The van der Waals surface area contributed by atoms with E-state index in [2.05, 4.69) is 16.0 Å². The molecule has 3 aromatic rings. The van der Waals surface area contributed by atoms with Crippen LogP contribution in [0.15, 0.2) is 78.9 Å². The third-order valence-corrected chi connectivity index (χ3v) is 7.54. The summed E-state index contributed by atoms with van der Waals surface area (Å²) in [6.07, 6.45) is 1.50. The Balaban J connectivity index is 1.78. The van der Waals surface area contributed by atoms with Gasteiger partial charge in [0.25, 0.3) is 5.91 Å². The molecule has 0 heterocycles. The van der Waals surface area contributed by atoms with Gasteiger partial charge in [-0.1, -0.05) is 60.7 Å². The standard InChI is InChI=1S/C38H46N4O7S/c1-37(2,3)48-32(44)23-29(35(46)42-30(36(47)49-38(4,5)6)20-24-12-9-8-10-13-24)41-34(45)27-14-11-15-28(22-27)40-31(43)21-25-16-18-26(19-17-25)33(39)50-7/h8-19,22,29-30,39H,20-21,23H2,1-7H3,(H,40,43)(H,41,45)(H,42,46)/t29-,30-/m0/s1. The maximum atomic E-state index is 13.7. The molecule has 3 amide bonds. The van der Waals surface area contributed by atoms with E-state index >= 15 is 0 Å². The molecule has 0 bridgehead atoms. The van der Waals surface area contributed by atoms with E-state index in [0.717, 1.165) is 16.7 Å². The molecule has 0 aliphatic heterocycles. The summed E-state index contributed by atoms with van der Waals surface area (Å²) < 4.78 is 11.0. The number of anilines is 1.